The fourth-order valence-corrected chi connectivity index (χ4v) is 12.8. The summed E-state index contributed by atoms with van der Waals surface area (Å²) in [6.07, 6.45) is 10.1. The van der Waals surface area contributed by atoms with Gasteiger partial charge in [0.25, 0.3) is 0 Å². The monoisotopic (exact) mass is 747 g/mol. The Morgan fingerprint density at radius 3 is 2.38 bits per heavy atom. The van der Waals surface area contributed by atoms with Crippen molar-refractivity contribution < 1.29 is 23.5 Å². The van der Waals surface area contributed by atoms with Crippen LogP contribution < -0.4 is 0 Å². The standard InChI is InChI=1S/C41H73NO5SSi2/c1-15-21-35(47-49(13,14)39(8,9)10)40(11)24-20-23-33(38(40)44)37(43)29(5)22-19-25-41(12)36(45-41)27-34(46-50(16-2,17-3)18-4)30(6)26-32-28-48-31(7)42-32/h15,26,28-29,33-37,43H,1,16-25,27H2,2-14H3/b30-26+/t29-,33+,34-,35-,36-,37?,40+,41+/m0/s1. The normalized spacial score (nSPS) is 27.6. The van der Waals surface area contributed by atoms with Crippen LogP contribution in [0.3, 0.4) is 0 Å². The largest absolute Gasteiger partial charge is 0.413 e. The Hall–Kier alpha value is -0.946. The lowest BCUT2D eigenvalue weighted by molar-refractivity contribution is -0.148. The molecule has 1 aromatic rings. The second-order valence-corrected chi connectivity index (χ2v) is 28.3. The number of thiazole rings is 1. The molecule has 3 rings (SSSR count). The average molecular weight is 748 g/mol. The van der Waals surface area contributed by atoms with Gasteiger partial charge in [-0.25, -0.2) is 4.98 Å². The van der Waals surface area contributed by atoms with Crippen LogP contribution in [0, 0.1) is 24.2 Å². The van der Waals surface area contributed by atoms with Crippen molar-refractivity contribution in [2.24, 2.45) is 17.3 Å². The van der Waals surface area contributed by atoms with Gasteiger partial charge >= 0.3 is 0 Å². The molecule has 0 spiro atoms. The molecule has 0 amide bonds. The lowest BCUT2D eigenvalue weighted by atomic mass is 9.63. The van der Waals surface area contributed by atoms with E-state index in [4.69, 9.17) is 13.6 Å². The van der Waals surface area contributed by atoms with Gasteiger partial charge in [-0.2, -0.15) is 0 Å². The highest BCUT2D eigenvalue weighted by Crippen LogP contribution is 2.48. The van der Waals surface area contributed by atoms with Gasteiger partial charge in [-0.15, -0.1) is 17.9 Å². The molecule has 1 aromatic heterocycles. The van der Waals surface area contributed by atoms with Gasteiger partial charge in [0.05, 0.1) is 46.1 Å². The van der Waals surface area contributed by atoms with Crippen LogP contribution >= 0.6 is 11.3 Å². The minimum Gasteiger partial charge on any atom is -0.413 e. The minimum absolute atomic E-state index is 0.0215. The van der Waals surface area contributed by atoms with Gasteiger partial charge in [0.1, 0.15) is 5.78 Å². The summed E-state index contributed by atoms with van der Waals surface area (Å²) >= 11 is 1.68. The molecule has 2 aliphatic rings. The van der Waals surface area contributed by atoms with Crippen molar-refractivity contribution in [3.8, 4) is 0 Å². The van der Waals surface area contributed by atoms with Crippen LogP contribution in [0.25, 0.3) is 6.08 Å². The molecule has 0 aromatic carbocycles. The van der Waals surface area contributed by atoms with Crippen molar-refractivity contribution in [1.29, 1.82) is 0 Å². The number of aryl methyl sites for hydroxylation is 1. The van der Waals surface area contributed by atoms with Crippen molar-refractivity contribution in [3.05, 3.63) is 34.3 Å². The number of aromatic nitrogens is 1. The fourth-order valence-electron chi connectivity index (χ4n) is 7.88. The van der Waals surface area contributed by atoms with E-state index in [2.05, 4.69) is 105 Å². The molecule has 0 bridgehead atoms. The number of carbonyl (C=O) groups excluding carboxylic acids is 1. The number of ketones is 1. The molecule has 286 valence electrons. The Bertz CT molecular complexity index is 1290. The second kappa shape index (κ2) is 17.5. The zero-order valence-electron chi connectivity index (χ0n) is 34.1. The second-order valence-electron chi connectivity index (χ2n) is 17.7. The molecule has 1 unspecified atom stereocenters. The molecule has 2 heterocycles. The number of ether oxygens (including phenoxy) is 1. The number of epoxide rings is 1. The van der Waals surface area contributed by atoms with Crippen molar-refractivity contribution in [2.75, 3.05) is 0 Å². The van der Waals surface area contributed by atoms with E-state index in [1.54, 1.807) is 11.3 Å². The third kappa shape index (κ3) is 10.4. The van der Waals surface area contributed by atoms with Gasteiger partial charge in [-0.1, -0.05) is 74.3 Å². The molecule has 0 radical (unpaired) electrons. The molecule has 8 atom stereocenters. The predicted octanol–water partition coefficient (Wildman–Crippen LogP) is 11.3. The number of aliphatic hydroxyl groups excluding tert-OH is 1. The summed E-state index contributed by atoms with van der Waals surface area (Å²) < 4.78 is 20.5. The van der Waals surface area contributed by atoms with E-state index in [1.807, 2.05) is 13.0 Å². The number of hydrogen-bond acceptors (Lipinski definition) is 7. The maximum Gasteiger partial charge on any atom is 0.192 e. The van der Waals surface area contributed by atoms with Gasteiger partial charge < -0.3 is 18.7 Å². The first-order valence-corrected chi connectivity index (χ1v) is 26.0. The maximum atomic E-state index is 14.3. The minimum atomic E-state index is -2.11. The molecule has 50 heavy (non-hydrogen) atoms. The summed E-state index contributed by atoms with van der Waals surface area (Å²) in [5.74, 6) is -0.146. The highest BCUT2D eigenvalue weighted by Gasteiger charge is 2.54. The summed E-state index contributed by atoms with van der Waals surface area (Å²) in [7, 11) is -3.95. The van der Waals surface area contributed by atoms with Crippen LogP contribution in [0.1, 0.15) is 131 Å². The van der Waals surface area contributed by atoms with Crippen LogP contribution in [0.4, 0.5) is 0 Å². The van der Waals surface area contributed by atoms with Gasteiger partial charge in [-0.05, 0) is 107 Å². The lowest BCUT2D eigenvalue weighted by Gasteiger charge is -2.48. The van der Waals surface area contributed by atoms with Crippen molar-refractivity contribution in [3.63, 3.8) is 0 Å². The predicted molar refractivity (Wildman–Crippen MR) is 217 cm³/mol. The van der Waals surface area contributed by atoms with E-state index < -0.39 is 28.2 Å². The lowest BCUT2D eigenvalue weighted by Crippen LogP contribution is -2.55. The SMILES string of the molecule is C=CC[C@H](O[Si](C)(C)C(C)(C)C)[C@@]1(C)CCC[C@H](C(O)[C@@H](C)CCC[C@@]2(C)O[C@H]2C[C@H](O[Si](CC)(CC)CC)/C(C)=C/c2csc(C)n2)C1=O. The van der Waals surface area contributed by atoms with Crippen LogP contribution in [-0.4, -0.2) is 62.5 Å². The van der Waals surface area contributed by atoms with Crippen LogP contribution in [0.15, 0.2) is 23.6 Å². The number of Topliss-reactive ketones (excluding diaryl/α,β-unsaturated/α-hetero) is 1. The van der Waals surface area contributed by atoms with E-state index in [-0.39, 0.29) is 46.6 Å². The zero-order chi connectivity index (χ0) is 37.7. The van der Waals surface area contributed by atoms with Crippen LogP contribution in [0.5, 0.6) is 0 Å². The first-order valence-electron chi connectivity index (χ1n) is 19.7. The van der Waals surface area contributed by atoms with E-state index in [1.165, 1.54) is 5.57 Å². The molecule has 1 N–H and O–H groups in total. The molecule has 6 nitrogen and oxygen atoms in total. The summed E-state index contributed by atoms with van der Waals surface area (Å²) in [5, 5.41) is 14.9. The Kier molecular flexibility index (Phi) is 15.2. The Labute approximate surface area is 312 Å². The van der Waals surface area contributed by atoms with Gasteiger partial charge in [0, 0.05) is 17.7 Å². The molecular weight excluding hydrogens is 675 g/mol. The van der Waals surface area contributed by atoms with Crippen LogP contribution in [0.2, 0.25) is 36.3 Å². The zero-order valence-corrected chi connectivity index (χ0v) is 36.9. The summed E-state index contributed by atoms with van der Waals surface area (Å²) in [4.78, 5) is 19.0. The molecule has 2 fully saturated rings. The van der Waals surface area contributed by atoms with Gasteiger partial charge in [-0.3, -0.25) is 4.79 Å². The molecule has 1 saturated carbocycles. The van der Waals surface area contributed by atoms with Crippen LogP contribution in [-0.2, 0) is 18.4 Å². The quantitative estimate of drug-likeness (QED) is 0.0812. The van der Waals surface area contributed by atoms with Crippen molar-refractivity contribution in [1.82, 2.24) is 4.98 Å². The van der Waals surface area contributed by atoms with E-state index in [0.29, 0.717) is 6.42 Å². The fraction of sp³-hybridized carbons (Fsp3) is 0.805. The highest BCUT2D eigenvalue weighted by molar-refractivity contribution is 7.09. The highest BCUT2D eigenvalue weighted by atomic mass is 32.1. The molecule has 1 aliphatic carbocycles. The molecular formula is C41H73NO5SSi2. The molecule has 1 saturated heterocycles. The maximum absolute atomic E-state index is 14.3. The number of aliphatic hydroxyl groups is 1. The van der Waals surface area contributed by atoms with E-state index in [9.17, 15) is 9.90 Å². The summed E-state index contributed by atoms with van der Waals surface area (Å²) in [6.45, 7) is 32.8. The average Bonchev–Trinajstić information content (AvgIpc) is 3.49. The Morgan fingerprint density at radius 2 is 1.84 bits per heavy atom. The van der Waals surface area contributed by atoms with E-state index >= 15 is 0 Å². The third-order valence-corrected chi connectivity index (χ3v) is 23.0. The van der Waals surface area contributed by atoms with E-state index in [0.717, 1.165) is 73.8 Å². The van der Waals surface area contributed by atoms with Gasteiger partial charge in [0.2, 0.25) is 0 Å². The summed E-state index contributed by atoms with van der Waals surface area (Å²) in [5.41, 5.74) is 1.44. The van der Waals surface area contributed by atoms with Crippen molar-refractivity contribution in [2.45, 2.75) is 194 Å². The third-order valence-electron chi connectivity index (χ3n) is 13.1. The number of rotatable bonds is 20. The number of nitrogens with zero attached hydrogens (tertiary/aromatic N) is 1. The Balaban J connectivity index is 1.64. The van der Waals surface area contributed by atoms with Gasteiger partial charge in [0.15, 0.2) is 16.6 Å². The smallest absolute Gasteiger partial charge is 0.192 e. The topological polar surface area (TPSA) is 81.2 Å². The molecule has 9 heteroatoms. The first kappa shape index (κ1) is 43.5. The number of hydrogen-bond donors (Lipinski definition) is 1. The van der Waals surface area contributed by atoms with Crippen molar-refractivity contribution >= 4 is 39.8 Å². The molecule has 1 aliphatic heterocycles. The first-order chi connectivity index (χ1) is 23.2. The summed E-state index contributed by atoms with van der Waals surface area (Å²) in [6, 6.07) is 3.34. The Morgan fingerprint density at radius 1 is 1.20 bits per heavy atom. The number of carbonyl (C=O) groups is 1.